The summed E-state index contributed by atoms with van der Waals surface area (Å²) < 4.78 is 15.5. The second-order valence-electron chi connectivity index (χ2n) is 12.7. The van der Waals surface area contributed by atoms with Gasteiger partial charge in [-0.2, -0.15) is 0 Å². The minimum absolute atomic E-state index is 0.619. The Bertz CT molecular complexity index is 3110. The lowest BCUT2D eigenvalue weighted by Crippen LogP contribution is -1.94. The lowest BCUT2D eigenvalue weighted by molar-refractivity contribution is 0.620. The van der Waals surface area contributed by atoms with Crippen LogP contribution in [0.15, 0.2) is 167 Å². The average Bonchev–Trinajstić information content (AvgIpc) is 3.87. The molecule has 49 heavy (non-hydrogen) atoms. The Labute approximate surface area is 280 Å². The first-order valence-corrected chi connectivity index (χ1v) is 16.5. The molecule has 0 saturated heterocycles. The summed E-state index contributed by atoms with van der Waals surface area (Å²) in [6, 6.07) is 55.5. The van der Waals surface area contributed by atoms with Crippen LogP contribution >= 0.6 is 0 Å². The van der Waals surface area contributed by atoms with Crippen molar-refractivity contribution in [2.24, 2.45) is 0 Å². The number of aromatic nitrogens is 2. The molecule has 0 aliphatic rings. The molecule has 0 spiro atoms. The molecule has 4 heteroatoms. The largest absolute Gasteiger partial charge is 0.455 e. The predicted molar refractivity (Wildman–Crippen MR) is 202 cm³/mol. The zero-order valence-corrected chi connectivity index (χ0v) is 26.2. The summed E-state index contributed by atoms with van der Waals surface area (Å²) in [4.78, 5) is 4.79. The maximum atomic E-state index is 6.75. The van der Waals surface area contributed by atoms with Gasteiger partial charge in [-0.05, 0) is 76.5 Å². The van der Waals surface area contributed by atoms with E-state index in [9.17, 15) is 0 Å². The number of para-hydroxylation sites is 1. The van der Waals surface area contributed by atoms with E-state index >= 15 is 0 Å². The Morgan fingerprint density at radius 2 is 1.24 bits per heavy atom. The lowest BCUT2D eigenvalue weighted by Gasteiger charge is -2.11. The standard InChI is InChI=1S/C45H26N2O2/c1-2-11-28(12-3-1)45-46-38-22-19-30(25-41(38)49-45)36-24-29-13-5-7-15-33(29)44-42(36)37-26-31(20-23-40(37)48-44)47-39-17-9-8-16-34(39)35-21-18-27-10-4-6-14-32(27)43(35)47/h1-26H. The van der Waals surface area contributed by atoms with Crippen molar-refractivity contribution in [2.45, 2.75) is 0 Å². The summed E-state index contributed by atoms with van der Waals surface area (Å²) in [5.41, 5.74) is 9.91. The first-order valence-electron chi connectivity index (χ1n) is 16.5. The van der Waals surface area contributed by atoms with E-state index in [2.05, 4.69) is 132 Å². The highest BCUT2D eigenvalue weighted by Crippen LogP contribution is 2.44. The quantitative estimate of drug-likeness (QED) is 0.196. The second-order valence-corrected chi connectivity index (χ2v) is 12.7. The number of rotatable bonds is 3. The summed E-state index contributed by atoms with van der Waals surface area (Å²) in [5.74, 6) is 0.619. The van der Waals surface area contributed by atoms with E-state index in [-0.39, 0.29) is 0 Å². The van der Waals surface area contributed by atoms with Crippen molar-refractivity contribution in [1.82, 2.24) is 9.55 Å². The number of hydrogen-bond donors (Lipinski definition) is 0. The van der Waals surface area contributed by atoms with Crippen LogP contribution in [0, 0.1) is 0 Å². The first-order chi connectivity index (χ1) is 24.3. The highest BCUT2D eigenvalue weighted by atomic mass is 16.3. The zero-order chi connectivity index (χ0) is 32.1. The Balaban J connectivity index is 1.21. The molecule has 0 amide bonds. The monoisotopic (exact) mass is 626 g/mol. The molecule has 228 valence electrons. The van der Waals surface area contributed by atoms with Crippen molar-refractivity contribution in [3.63, 3.8) is 0 Å². The molecule has 3 aromatic heterocycles. The lowest BCUT2D eigenvalue weighted by atomic mass is 9.95. The van der Waals surface area contributed by atoms with Gasteiger partial charge in [-0.3, -0.25) is 0 Å². The molecule has 3 heterocycles. The van der Waals surface area contributed by atoms with Crippen LogP contribution in [0.2, 0.25) is 0 Å². The fourth-order valence-electron chi connectivity index (χ4n) is 7.76. The molecule has 0 N–H and O–H groups in total. The molecular formula is C45H26N2O2. The predicted octanol–water partition coefficient (Wildman–Crippen LogP) is 12.5. The second kappa shape index (κ2) is 9.93. The van der Waals surface area contributed by atoms with E-state index < -0.39 is 0 Å². The molecule has 11 aromatic rings. The van der Waals surface area contributed by atoms with E-state index in [1.165, 1.54) is 32.6 Å². The van der Waals surface area contributed by atoms with Gasteiger partial charge in [-0.15, -0.1) is 0 Å². The van der Waals surface area contributed by atoms with E-state index in [0.29, 0.717) is 5.89 Å². The van der Waals surface area contributed by atoms with Gasteiger partial charge in [-0.25, -0.2) is 4.98 Å². The van der Waals surface area contributed by atoms with Gasteiger partial charge in [0.25, 0.3) is 0 Å². The van der Waals surface area contributed by atoms with Gasteiger partial charge in [0, 0.05) is 43.6 Å². The number of furan rings is 1. The average molecular weight is 627 g/mol. The molecule has 8 aromatic carbocycles. The van der Waals surface area contributed by atoms with Gasteiger partial charge in [0.1, 0.15) is 16.7 Å². The molecule has 0 aliphatic heterocycles. The van der Waals surface area contributed by atoms with Crippen molar-refractivity contribution in [1.29, 1.82) is 0 Å². The molecule has 0 bridgehead atoms. The summed E-state index contributed by atoms with van der Waals surface area (Å²) in [6.07, 6.45) is 0. The third-order valence-electron chi connectivity index (χ3n) is 9.98. The highest BCUT2D eigenvalue weighted by Gasteiger charge is 2.20. The third-order valence-corrected chi connectivity index (χ3v) is 9.98. The van der Waals surface area contributed by atoms with Crippen LogP contribution in [0.25, 0.3) is 105 Å². The molecule has 0 saturated carbocycles. The van der Waals surface area contributed by atoms with Crippen LogP contribution < -0.4 is 0 Å². The van der Waals surface area contributed by atoms with E-state index in [1.54, 1.807) is 0 Å². The van der Waals surface area contributed by atoms with Crippen molar-refractivity contribution in [2.75, 3.05) is 0 Å². The third kappa shape index (κ3) is 3.83. The van der Waals surface area contributed by atoms with E-state index in [0.717, 1.165) is 66.2 Å². The Hall–Kier alpha value is -6.65. The van der Waals surface area contributed by atoms with Crippen LogP contribution in [-0.4, -0.2) is 9.55 Å². The molecule has 0 fully saturated rings. The maximum absolute atomic E-state index is 6.75. The van der Waals surface area contributed by atoms with Crippen LogP contribution in [-0.2, 0) is 0 Å². The van der Waals surface area contributed by atoms with E-state index in [4.69, 9.17) is 13.8 Å². The van der Waals surface area contributed by atoms with Crippen LogP contribution in [0.4, 0.5) is 0 Å². The summed E-state index contributed by atoms with van der Waals surface area (Å²) in [7, 11) is 0. The summed E-state index contributed by atoms with van der Waals surface area (Å²) in [6.45, 7) is 0. The molecule has 11 rings (SSSR count). The molecule has 0 radical (unpaired) electrons. The summed E-state index contributed by atoms with van der Waals surface area (Å²) >= 11 is 0. The van der Waals surface area contributed by atoms with Crippen LogP contribution in [0.3, 0.4) is 0 Å². The van der Waals surface area contributed by atoms with Crippen molar-refractivity contribution in [3.05, 3.63) is 158 Å². The maximum Gasteiger partial charge on any atom is 0.227 e. The molecule has 4 nitrogen and oxygen atoms in total. The van der Waals surface area contributed by atoms with Crippen molar-refractivity contribution < 1.29 is 8.83 Å². The Kier molecular flexibility index (Phi) is 5.35. The van der Waals surface area contributed by atoms with Gasteiger partial charge in [0.05, 0.1) is 11.0 Å². The molecule has 0 unspecified atom stereocenters. The highest BCUT2D eigenvalue weighted by molar-refractivity contribution is 6.22. The smallest absolute Gasteiger partial charge is 0.227 e. The van der Waals surface area contributed by atoms with Gasteiger partial charge in [0.15, 0.2) is 5.58 Å². The molecular weight excluding hydrogens is 601 g/mol. The minimum Gasteiger partial charge on any atom is -0.455 e. The van der Waals surface area contributed by atoms with Gasteiger partial charge in [-0.1, -0.05) is 103 Å². The number of hydrogen-bond acceptors (Lipinski definition) is 3. The summed E-state index contributed by atoms with van der Waals surface area (Å²) in [5, 5.41) is 9.31. The minimum atomic E-state index is 0.619. The topological polar surface area (TPSA) is 44.1 Å². The normalized spacial score (nSPS) is 12.1. The molecule has 0 aliphatic carbocycles. The van der Waals surface area contributed by atoms with Gasteiger partial charge >= 0.3 is 0 Å². The fraction of sp³-hybridized carbons (Fsp3) is 0. The van der Waals surface area contributed by atoms with Crippen molar-refractivity contribution in [3.8, 4) is 28.3 Å². The number of nitrogens with zero attached hydrogens (tertiary/aromatic N) is 2. The van der Waals surface area contributed by atoms with Crippen LogP contribution in [0.5, 0.6) is 0 Å². The van der Waals surface area contributed by atoms with Gasteiger partial charge < -0.3 is 13.4 Å². The number of benzene rings is 8. The Morgan fingerprint density at radius 1 is 0.469 bits per heavy atom. The van der Waals surface area contributed by atoms with Crippen molar-refractivity contribution >= 4 is 76.4 Å². The van der Waals surface area contributed by atoms with Gasteiger partial charge in [0.2, 0.25) is 5.89 Å². The van der Waals surface area contributed by atoms with Crippen LogP contribution in [0.1, 0.15) is 0 Å². The SMILES string of the molecule is c1ccc(-c2nc3ccc(-c4cc5ccccc5c5oc6ccc(-n7c8ccccc8c8ccc9ccccc9c87)cc6c45)cc3o2)cc1. The fourth-order valence-corrected chi connectivity index (χ4v) is 7.76. The molecule has 0 atom stereocenters. The zero-order valence-electron chi connectivity index (χ0n) is 26.2. The Morgan fingerprint density at radius 3 is 2.14 bits per heavy atom. The van der Waals surface area contributed by atoms with E-state index in [1.807, 2.05) is 30.3 Å². The number of oxazole rings is 1. The first kappa shape index (κ1) is 26.4. The number of fused-ring (bicyclic) bond motifs is 11.